The summed E-state index contributed by atoms with van der Waals surface area (Å²) in [6.07, 6.45) is 2.46. The number of aromatic nitrogens is 1. The summed E-state index contributed by atoms with van der Waals surface area (Å²) >= 11 is 6.41. The Balaban J connectivity index is 1.33. The second-order valence-corrected chi connectivity index (χ2v) is 9.12. The molecular weight excluding hydrogens is 426 g/mol. The molecule has 0 saturated carbocycles. The Morgan fingerprint density at radius 1 is 0.969 bits per heavy atom. The highest BCUT2D eigenvalue weighted by molar-refractivity contribution is 6.31. The molecule has 2 aromatic carbocycles. The molecule has 0 aliphatic carbocycles. The smallest absolute Gasteiger partial charge is 0.326 e. The molecule has 3 heterocycles. The predicted molar refractivity (Wildman–Crippen MR) is 125 cm³/mol. The summed E-state index contributed by atoms with van der Waals surface area (Å²) in [6.45, 7) is 1.51. The normalized spacial score (nSPS) is 21.9. The molecule has 0 bridgehead atoms. The first-order valence-electron chi connectivity index (χ1n) is 11.1. The van der Waals surface area contributed by atoms with E-state index in [2.05, 4.69) is 28.1 Å². The fourth-order valence-corrected chi connectivity index (χ4v) is 5.48. The minimum atomic E-state index is -0.941. The van der Waals surface area contributed by atoms with Gasteiger partial charge in [0.1, 0.15) is 11.9 Å². The van der Waals surface area contributed by atoms with Gasteiger partial charge in [0.2, 0.25) is 5.91 Å². The number of carboxylic acids is 1. The highest BCUT2D eigenvalue weighted by Crippen LogP contribution is 2.41. The van der Waals surface area contributed by atoms with E-state index in [1.807, 2.05) is 30.3 Å². The van der Waals surface area contributed by atoms with Gasteiger partial charge in [-0.05, 0) is 49.4 Å². The molecule has 6 nitrogen and oxygen atoms in total. The lowest BCUT2D eigenvalue weighted by Gasteiger charge is -2.37. The molecular formula is C25H26ClN3O3. The van der Waals surface area contributed by atoms with Crippen molar-refractivity contribution in [2.75, 3.05) is 18.0 Å². The van der Waals surface area contributed by atoms with Crippen LogP contribution >= 0.6 is 11.6 Å². The predicted octanol–water partition coefficient (Wildman–Crippen LogP) is 4.85. The van der Waals surface area contributed by atoms with Crippen molar-refractivity contribution in [3.63, 3.8) is 0 Å². The van der Waals surface area contributed by atoms with E-state index < -0.39 is 12.0 Å². The number of halogens is 1. The first-order chi connectivity index (χ1) is 15.5. The van der Waals surface area contributed by atoms with E-state index in [0.29, 0.717) is 30.7 Å². The largest absolute Gasteiger partial charge is 0.480 e. The van der Waals surface area contributed by atoms with Crippen LogP contribution in [0.15, 0.2) is 54.6 Å². The van der Waals surface area contributed by atoms with E-state index in [-0.39, 0.29) is 17.9 Å². The summed E-state index contributed by atoms with van der Waals surface area (Å²) in [4.78, 5) is 32.9. The number of H-pyrrole nitrogens is 1. The van der Waals surface area contributed by atoms with Gasteiger partial charge in [-0.15, -0.1) is 0 Å². The number of para-hydroxylation sites is 1. The topological polar surface area (TPSA) is 76.6 Å². The Hall–Kier alpha value is -2.99. The Morgan fingerprint density at radius 3 is 2.41 bits per heavy atom. The van der Waals surface area contributed by atoms with Crippen LogP contribution in [0.1, 0.15) is 37.3 Å². The van der Waals surface area contributed by atoms with Crippen LogP contribution in [-0.4, -0.2) is 46.0 Å². The molecule has 0 spiro atoms. The minimum Gasteiger partial charge on any atom is -0.480 e. The molecule has 0 radical (unpaired) electrons. The summed E-state index contributed by atoms with van der Waals surface area (Å²) in [5.41, 5.74) is 1.94. The molecule has 1 aromatic heterocycles. The summed E-state index contributed by atoms with van der Waals surface area (Å²) < 4.78 is 0. The van der Waals surface area contributed by atoms with Crippen molar-refractivity contribution in [3.8, 4) is 0 Å². The van der Waals surface area contributed by atoms with E-state index in [1.165, 1.54) is 5.39 Å². The molecule has 2 atom stereocenters. The molecule has 0 unspecified atom stereocenters. The Bertz CT molecular complexity index is 1120. The molecule has 2 fully saturated rings. The van der Waals surface area contributed by atoms with Gasteiger partial charge in [-0.3, -0.25) is 4.79 Å². The summed E-state index contributed by atoms with van der Waals surface area (Å²) in [7, 11) is 0. The van der Waals surface area contributed by atoms with Crippen molar-refractivity contribution in [2.45, 2.75) is 37.8 Å². The minimum absolute atomic E-state index is 0.0592. The lowest BCUT2D eigenvalue weighted by molar-refractivity contribution is -0.152. The molecule has 3 aromatic rings. The number of carbonyl (C=O) groups excluding carboxylic acids is 1. The SMILES string of the molecule is O=C(O)[C@@H]1CC[C@H](c2ccccc2Cl)N1C(=O)C1CCN(c2cc3ccccc3[nH]2)CC1. The van der Waals surface area contributed by atoms with Gasteiger partial charge >= 0.3 is 5.97 Å². The maximum atomic E-state index is 13.6. The number of amides is 1. The lowest BCUT2D eigenvalue weighted by Crippen LogP contribution is -2.47. The number of nitrogens with zero attached hydrogens (tertiary/aromatic N) is 2. The molecule has 2 aliphatic rings. The Labute approximate surface area is 191 Å². The van der Waals surface area contributed by atoms with Gasteiger partial charge in [0, 0.05) is 34.9 Å². The number of fused-ring (bicyclic) bond motifs is 1. The maximum Gasteiger partial charge on any atom is 0.326 e. The number of carboxylic acid groups (broad SMARTS) is 1. The molecule has 166 valence electrons. The fourth-order valence-electron chi connectivity index (χ4n) is 5.22. The number of benzene rings is 2. The standard InChI is InChI=1S/C25H26ClN3O3/c26-19-7-3-2-6-18(19)21-9-10-22(25(31)32)29(21)24(30)16-11-13-28(14-12-16)23-15-17-5-1-4-8-20(17)27-23/h1-8,15-16,21-22,27H,9-14H2,(H,31,32)/t21-,22+/m1/s1. The lowest BCUT2D eigenvalue weighted by atomic mass is 9.94. The molecule has 1 amide bonds. The molecule has 2 saturated heterocycles. The third-order valence-corrected chi connectivity index (χ3v) is 7.23. The zero-order valence-electron chi connectivity index (χ0n) is 17.7. The van der Waals surface area contributed by atoms with E-state index in [1.54, 1.807) is 11.0 Å². The van der Waals surface area contributed by atoms with Crippen molar-refractivity contribution in [1.82, 2.24) is 9.88 Å². The van der Waals surface area contributed by atoms with Crippen molar-refractivity contribution in [3.05, 3.63) is 65.2 Å². The van der Waals surface area contributed by atoms with Gasteiger partial charge in [0.15, 0.2) is 0 Å². The number of hydrogen-bond acceptors (Lipinski definition) is 3. The van der Waals surface area contributed by atoms with Gasteiger partial charge in [-0.25, -0.2) is 4.79 Å². The summed E-state index contributed by atoms with van der Waals surface area (Å²) in [5.74, 6) is -0.115. The highest BCUT2D eigenvalue weighted by atomic mass is 35.5. The van der Waals surface area contributed by atoms with Crippen LogP contribution in [0, 0.1) is 5.92 Å². The third kappa shape index (κ3) is 3.73. The van der Waals surface area contributed by atoms with Gasteiger partial charge in [-0.2, -0.15) is 0 Å². The van der Waals surface area contributed by atoms with Gasteiger partial charge in [0.05, 0.1) is 6.04 Å². The third-order valence-electron chi connectivity index (χ3n) is 6.89. The number of rotatable bonds is 4. The summed E-state index contributed by atoms with van der Waals surface area (Å²) in [5, 5.41) is 11.5. The number of piperidine rings is 1. The molecule has 2 N–H and O–H groups in total. The second-order valence-electron chi connectivity index (χ2n) is 8.72. The van der Waals surface area contributed by atoms with Crippen molar-refractivity contribution in [2.24, 2.45) is 5.92 Å². The van der Waals surface area contributed by atoms with Crippen molar-refractivity contribution in [1.29, 1.82) is 0 Å². The van der Waals surface area contributed by atoms with Gasteiger partial charge in [-0.1, -0.05) is 48.0 Å². The first-order valence-corrected chi connectivity index (χ1v) is 11.5. The number of hydrogen-bond donors (Lipinski definition) is 2. The van der Waals surface area contributed by atoms with Crippen LogP contribution in [0.25, 0.3) is 10.9 Å². The van der Waals surface area contributed by atoms with E-state index in [9.17, 15) is 14.7 Å². The summed E-state index contributed by atoms with van der Waals surface area (Å²) in [6, 6.07) is 16.7. The first kappa shape index (κ1) is 20.9. The number of carbonyl (C=O) groups is 2. The van der Waals surface area contributed by atoms with Crippen LogP contribution in [0.2, 0.25) is 5.02 Å². The Kier molecular flexibility index (Phi) is 5.55. The number of aromatic amines is 1. The quantitative estimate of drug-likeness (QED) is 0.594. The van der Waals surface area contributed by atoms with Crippen LogP contribution in [-0.2, 0) is 9.59 Å². The second kappa shape index (κ2) is 8.51. The number of nitrogens with one attached hydrogen (secondary N) is 1. The van der Waals surface area contributed by atoms with Crippen LogP contribution in [0.5, 0.6) is 0 Å². The van der Waals surface area contributed by atoms with Crippen LogP contribution < -0.4 is 4.90 Å². The number of aliphatic carboxylic acids is 1. The van der Waals surface area contributed by atoms with Crippen LogP contribution in [0.4, 0.5) is 5.82 Å². The average Bonchev–Trinajstić information content (AvgIpc) is 3.44. The Morgan fingerprint density at radius 2 is 1.69 bits per heavy atom. The molecule has 5 rings (SSSR count). The maximum absolute atomic E-state index is 13.6. The molecule has 7 heteroatoms. The highest BCUT2D eigenvalue weighted by Gasteiger charge is 2.44. The monoisotopic (exact) mass is 451 g/mol. The fraction of sp³-hybridized carbons (Fsp3) is 0.360. The van der Waals surface area contributed by atoms with Gasteiger partial charge < -0.3 is 19.9 Å². The van der Waals surface area contributed by atoms with Crippen molar-refractivity contribution >= 4 is 40.2 Å². The van der Waals surface area contributed by atoms with E-state index in [0.717, 1.165) is 30.0 Å². The molecule has 2 aliphatic heterocycles. The average molecular weight is 452 g/mol. The van der Waals surface area contributed by atoms with E-state index in [4.69, 9.17) is 11.6 Å². The van der Waals surface area contributed by atoms with E-state index >= 15 is 0 Å². The number of likely N-dealkylation sites (tertiary alicyclic amines) is 1. The zero-order valence-corrected chi connectivity index (χ0v) is 18.5. The van der Waals surface area contributed by atoms with Crippen LogP contribution in [0.3, 0.4) is 0 Å². The zero-order chi connectivity index (χ0) is 22.2. The van der Waals surface area contributed by atoms with Crippen molar-refractivity contribution < 1.29 is 14.7 Å². The number of anilines is 1. The van der Waals surface area contributed by atoms with Gasteiger partial charge in [0.25, 0.3) is 0 Å². The molecule has 32 heavy (non-hydrogen) atoms.